The smallest absolute Gasteiger partial charge is 0.254 e. The molecule has 0 saturated heterocycles. The number of rotatable bonds is 6. The normalized spacial score (nSPS) is 10.4. The van der Waals surface area contributed by atoms with Gasteiger partial charge in [0.15, 0.2) is 0 Å². The summed E-state index contributed by atoms with van der Waals surface area (Å²) in [6.07, 6.45) is 0. The summed E-state index contributed by atoms with van der Waals surface area (Å²) in [7, 11) is 1.63. The second-order valence-electron chi connectivity index (χ2n) is 4.32. The fraction of sp³-hybridized carbons (Fsp3) is 0.500. The fourth-order valence-corrected chi connectivity index (χ4v) is 1.83. The van der Waals surface area contributed by atoms with Crippen molar-refractivity contribution in [3.8, 4) is 0 Å². The molecule has 0 aromatic heterocycles. The Morgan fingerprint density at radius 1 is 1.33 bits per heavy atom. The first kappa shape index (κ1) is 14.7. The first-order chi connectivity index (χ1) is 8.61. The highest BCUT2D eigenvalue weighted by Crippen LogP contribution is 2.14. The van der Waals surface area contributed by atoms with Gasteiger partial charge in [0, 0.05) is 32.3 Å². The number of methoxy groups -OCH3 is 1. The quantitative estimate of drug-likeness (QED) is 0.829. The molecule has 1 rings (SSSR count). The Morgan fingerprint density at radius 3 is 2.67 bits per heavy atom. The van der Waals surface area contributed by atoms with Crippen LogP contribution in [-0.4, -0.2) is 44.2 Å². The molecule has 18 heavy (non-hydrogen) atoms. The molecule has 4 nitrogen and oxygen atoms in total. The van der Waals surface area contributed by atoms with Gasteiger partial charge in [-0.25, -0.2) is 0 Å². The molecule has 100 valence electrons. The molecule has 0 radical (unpaired) electrons. The van der Waals surface area contributed by atoms with Crippen LogP contribution in [0.25, 0.3) is 0 Å². The Morgan fingerprint density at radius 2 is 2.06 bits per heavy atom. The molecule has 0 heterocycles. The molecular formula is C14H22N2O2. The number of amides is 1. The van der Waals surface area contributed by atoms with E-state index in [0.29, 0.717) is 26.2 Å². The lowest BCUT2D eigenvalue weighted by molar-refractivity contribution is 0.0700. The van der Waals surface area contributed by atoms with Gasteiger partial charge in [0.05, 0.1) is 6.61 Å². The van der Waals surface area contributed by atoms with Crippen molar-refractivity contribution in [3.05, 3.63) is 34.9 Å². The van der Waals surface area contributed by atoms with E-state index >= 15 is 0 Å². The maximum atomic E-state index is 12.4. The zero-order valence-electron chi connectivity index (χ0n) is 11.4. The van der Waals surface area contributed by atoms with Gasteiger partial charge in [-0.15, -0.1) is 0 Å². The van der Waals surface area contributed by atoms with E-state index < -0.39 is 0 Å². The standard InChI is InChI=1S/C14H22N2O2/c1-11-5-4-6-13(12(11)2)14(17)16(8-7-15)9-10-18-3/h4-6H,7-10,15H2,1-3H3. The predicted molar refractivity (Wildman–Crippen MR) is 72.7 cm³/mol. The maximum Gasteiger partial charge on any atom is 0.254 e. The summed E-state index contributed by atoms with van der Waals surface area (Å²) in [6, 6.07) is 5.78. The van der Waals surface area contributed by atoms with E-state index in [9.17, 15) is 4.79 Å². The number of aryl methyl sites for hydroxylation is 1. The van der Waals surface area contributed by atoms with Crippen LogP contribution in [-0.2, 0) is 4.74 Å². The molecule has 1 amide bonds. The van der Waals surface area contributed by atoms with Crippen LogP contribution in [0, 0.1) is 13.8 Å². The minimum atomic E-state index is 0.0266. The molecule has 0 unspecified atom stereocenters. The number of ether oxygens (including phenoxy) is 1. The van der Waals surface area contributed by atoms with Crippen LogP contribution in [0.1, 0.15) is 21.5 Å². The second kappa shape index (κ2) is 7.13. The Labute approximate surface area is 109 Å². The molecule has 0 aliphatic heterocycles. The van der Waals surface area contributed by atoms with Gasteiger partial charge in [-0.1, -0.05) is 12.1 Å². The summed E-state index contributed by atoms with van der Waals surface area (Å²) in [6.45, 7) is 6.08. The lowest BCUT2D eigenvalue weighted by Crippen LogP contribution is -2.38. The molecule has 1 aromatic carbocycles. The first-order valence-electron chi connectivity index (χ1n) is 6.16. The van der Waals surface area contributed by atoms with Crippen molar-refractivity contribution >= 4 is 5.91 Å². The van der Waals surface area contributed by atoms with Gasteiger partial charge in [-0.3, -0.25) is 4.79 Å². The average molecular weight is 250 g/mol. The molecule has 0 spiro atoms. The summed E-state index contributed by atoms with van der Waals surface area (Å²) in [5.41, 5.74) is 8.45. The fourth-order valence-electron chi connectivity index (χ4n) is 1.83. The highest BCUT2D eigenvalue weighted by atomic mass is 16.5. The number of benzene rings is 1. The topological polar surface area (TPSA) is 55.6 Å². The Bertz CT molecular complexity index is 405. The predicted octanol–water partition coefficient (Wildman–Crippen LogP) is 1.35. The van der Waals surface area contributed by atoms with Crippen molar-refractivity contribution in [2.45, 2.75) is 13.8 Å². The van der Waals surface area contributed by atoms with Crippen molar-refractivity contribution in [2.75, 3.05) is 33.4 Å². The van der Waals surface area contributed by atoms with Gasteiger partial charge >= 0.3 is 0 Å². The molecule has 0 aliphatic rings. The number of nitrogens with two attached hydrogens (primary N) is 1. The van der Waals surface area contributed by atoms with E-state index in [4.69, 9.17) is 10.5 Å². The van der Waals surface area contributed by atoms with Gasteiger partial charge in [0.1, 0.15) is 0 Å². The van der Waals surface area contributed by atoms with Crippen LogP contribution in [0.2, 0.25) is 0 Å². The largest absolute Gasteiger partial charge is 0.383 e. The van der Waals surface area contributed by atoms with Crippen molar-refractivity contribution in [1.82, 2.24) is 4.90 Å². The van der Waals surface area contributed by atoms with Gasteiger partial charge in [0.25, 0.3) is 5.91 Å². The van der Waals surface area contributed by atoms with E-state index in [0.717, 1.165) is 16.7 Å². The minimum Gasteiger partial charge on any atom is -0.383 e. The summed E-state index contributed by atoms with van der Waals surface area (Å²) in [5.74, 6) is 0.0266. The third-order valence-corrected chi connectivity index (χ3v) is 3.09. The SMILES string of the molecule is COCCN(CCN)C(=O)c1cccc(C)c1C. The zero-order chi connectivity index (χ0) is 13.5. The van der Waals surface area contributed by atoms with E-state index in [-0.39, 0.29) is 5.91 Å². The third-order valence-electron chi connectivity index (χ3n) is 3.09. The van der Waals surface area contributed by atoms with Crippen LogP contribution in [0.4, 0.5) is 0 Å². The van der Waals surface area contributed by atoms with Crippen molar-refractivity contribution in [1.29, 1.82) is 0 Å². The number of nitrogens with zero attached hydrogens (tertiary/aromatic N) is 1. The Balaban J connectivity index is 2.90. The van der Waals surface area contributed by atoms with Crippen LogP contribution < -0.4 is 5.73 Å². The van der Waals surface area contributed by atoms with Crippen LogP contribution in [0.3, 0.4) is 0 Å². The lowest BCUT2D eigenvalue weighted by Gasteiger charge is -2.23. The zero-order valence-corrected chi connectivity index (χ0v) is 11.4. The monoisotopic (exact) mass is 250 g/mol. The van der Waals surface area contributed by atoms with Gasteiger partial charge in [0.2, 0.25) is 0 Å². The molecule has 4 heteroatoms. The Kier molecular flexibility index (Phi) is 5.82. The number of carbonyl (C=O) groups is 1. The number of hydrogen-bond acceptors (Lipinski definition) is 3. The van der Waals surface area contributed by atoms with Crippen molar-refractivity contribution < 1.29 is 9.53 Å². The first-order valence-corrected chi connectivity index (χ1v) is 6.16. The van der Waals surface area contributed by atoms with Crippen LogP contribution in [0.15, 0.2) is 18.2 Å². The Hall–Kier alpha value is -1.39. The number of hydrogen-bond donors (Lipinski definition) is 1. The summed E-state index contributed by atoms with van der Waals surface area (Å²) in [4.78, 5) is 14.2. The van der Waals surface area contributed by atoms with Crippen molar-refractivity contribution in [2.24, 2.45) is 5.73 Å². The highest BCUT2D eigenvalue weighted by Gasteiger charge is 2.17. The molecular weight excluding hydrogens is 228 g/mol. The molecule has 0 saturated carbocycles. The van der Waals surface area contributed by atoms with E-state index in [1.807, 2.05) is 32.0 Å². The summed E-state index contributed by atoms with van der Waals surface area (Å²) in [5, 5.41) is 0. The molecule has 1 aromatic rings. The molecule has 0 atom stereocenters. The van der Waals surface area contributed by atoms with E-state index in [2.05, 4.69) is 0 Å². The average Bonchev–Trinajstić information content (AvgIpc) is 2.37. The number of carbonyl (C=O) groups excluding carboxylic acids is 1. The summed E-state index contributed by atoms with van der Waals surface area (Å²) >= 11 is 0. The maximum absolute atomic E-state index is 12.4. The van der Waals surface area contributed by atoms with Crippen LogP contribution >= 0.6 is 0 Å². The highest BCUT2D eigenvalue weighted by molar-refractivity contribution is 5.96. The van der Waals surface area contributed by atoms with Crippen molar-refractivity contribution in [3.63, 3.8) is 0 Å². The van der Waals surface area contributed by atoms with Gasteiger partial charge < -0.3 is 15.4 Å². The molecule has 0 aliphatic carbocycles. The van der Waals surface area contributed by atoms with Gasteiger partial charge in [-0.05, 0) is 31.0 Å². The minimum absolute atomic E-state index is 0.0266. The molecule has 2 N–H and O–H groups in total. The molecule has 0 fully saturated rings. The van der Waals surface area contributed by atoms with E-state index in [1.165, 1.54) is 0 Å². The third kappa shape index (κ3) is 3.55. The molecule has 0 bridgehead atoms. The summed E-state index contributed by atoms with van der Waals surface area (Å²) < 4.78 is 5.02. The van der Waals surface area contributed by atoms with E-state index in [1.54, 1.807) is 12.0 Å². The second-order valence-corrected chi connectivity index (χ2v) is 4.32. The van der Waals surface area contributed by atoms with Gasteiger partial charge in [-0.2, -0.15) is 0 Å². The lowest BCUT2D eigenvalue weighted by atomic mass is 10.0. The van der Waals surface area contributed by atoms with Crippen LogP contribution in [0.5, 0.6) is 0 Å².